The first-order valence-corrected chi connectivity index (χ1v) is 6.78. The van der Waals surface area contributed by atoms with Crippen molar-refractivity contribution in [3.8, 4) is 0 Å². The van der Waals surface area contributed by atoms with E-state index in [0.29, 0.717) is 18.5 Å². The van der Waals surface area contributed by atoms with Crippen LogP contribution in [0, 0.1) is 0 Å². The maximum absolute atomic E-state index is 12.1. The Labute approximate surface area is 123 Å². The molecule has 1 atom stereocenters. The van der Waals surface area contributed by atoms with Gasteiger partial charge in [0.25, 0.3) is 5.79 Å². The van der Waals surface area contributed by atoms with Gasteiger partial charge in [0, 0.05) is 40.7 Å². The zero-order valence-electron chi connectivity index (χ0n) is 12.9. The number of hydrogen-bond acceptors (Lipinski definition) is 6. The lowest BCUT2D eigenvalue weighted by molar-refractivity contribution is -0.222. The summed E-state index contributed by atoms with van der Waals surface area (Å²) in [6.45, 7) is 3.00. The van der Waals surface area contributed by atoms with Crippen LogP contribution in [0.25, 0.3) is 0 Å². The molecule has 0 aromatic heterocycles. The Morgan fingerprint density at radius 1 is 1.24 bits per heavy atom. The van der Waals surface area contributed by atoms with E-state index in [-0.39, 0.29) is 17.5 Å². The van der Waals surface area contributed by atoms with E-state index in [1.165, 1.54) is 18.7 Å². The number of carbonyl (C=O) groups is 3. The lowest BCUT2D eigenvalue weighted by Crippen LogP contribution is -2.44. The van der Waals surface area contributed by atoms with Crippen LogP contribution < -0.4 is 0 Å². The summed E-state index contributed by atoms with van der Waals surface area (Å²) in [5.74, 6) is -2.72. The van der Waals surface area contributed by atoms with Crippen molar-refractivity contribution in [1.82, 2.24) is 9.80 Å². The van der Waals surface area contributed by atoms with Gasteiger partial charge in [0.15, 0.2) is 5.57 Å². The van der Waals surface area contributed by atoms with Gasteiger partial charge in [-0.2, -0.15) is 0 Å². The van der Waals surface area contributed by atoms with Crippen LogP contribution in [0.4, 0.5) is 0 Å². The Hall–Kier alpha value is -2.05. The Bertz CT molecular complexity index is 513. The molecule has 2 aliphatic heterocycles. The Kier molecular flexibility index (Phi) is 3.69. The van der Waals surface area contributed by atoms with Gasteiger partial charge in [0.2, 0.25) is 5.91 Å². The van der Waals surface area contributed by atoms with Gasteiger partial charge < -0.3 is 19.3 Å². The lowest BCUT2D eigenvalue weighted by atomic mass is 10.1. The third-order valence-corrected chi connectivity index (χ3v) is 3.65. The van der Waals surface area contributed by atoms with Crippen LogP contribution in [0.3, 0.4) is 0 Å². The zero-order chi connectivity index (χ0) is 15.9. The molecule has 0 bridgehead atoms. The van der Waals surface area contributed by atoms with Crippen LogP contribution in [-0.2, 0) is 23.9 Å². The van der Waals surface area contributed by atoms with Gasteiger partial charge in [-0.1, -0.05) is 0 Å². The largest absolute Gasteiger partial charge is 0.419 e. The highest BCUT2D eigenvalue weighted by atomic mass is 16.7. The molecule has 0 spiro atoms. The molecular weight excluding hydrogens is 276 g/mol. The van der Waals surface area contributed by atoms with Crippen LogP contribution in [-0.4, -0.2) is 60.6 Å². The van der Waals surface area contributed by atoms with E-state index in [1.807, 2.05) is 0 Å². The van der Waals surface area contributed by atoms with Crippen molar-refractivity contribution in [2.75, 3.05) is 21.1 Å². The van der Waals surface area contributed by atoms with Crippen molar-refractivity contribution >= 4 is 17.8 Å². The fourth-order valence-electron chi connectivity index (χ4n) is 2.61. The number of likely N-dealkylation sites (tertiary alicyclic amines) is 1. The molecule has 7 nitrogen and oxygen atoms in total. The van der Waals surface area contributed by atoms with Crippen molar-refractivity contribution in [1.29, 1.82) is 0 Å². The van der Waals surface area contributed by atoms with Crippen LogP contribution in [0.1, 0.15) is 26.7 Å². The molecule has 1 amide bonds. The van der Waals surface area contributed by atoms with Crippen LogP contribution in [0.2, 0.25) is 0 Å². The predicted molar refractivity (Wildman–Crippen MR) is 72.8 cm³/mol. The minimum absolute atomic E-state index is 0.0639. The summed E-state index contributed by atoms with van der Waals surface area (Å²) in [5, 5.41) is 0. The minimum Gasteiger partial charge on any atom is -0.419 e. The van der Waals surface area contributed by atoms with Gasteiger partial charge in [-0.05, 0) is 12.8 Å². The molecule has 7 heteroatoms. The summed E-state index contributed by atoms with van der Waals surface area (Å²) in [7, 11) is 5.04. The molecule has 0 unspecified atom stereocenters. The highest BCUT2D eigenvalue weighted by Gasteiger charge is 2.44. The molecule has 0 N–H and O–H groups in total. The van der Waals surface area contributed by atoms with Crippen molar-refractivity contribution in [3.63, 3.8) is 0 Å². The number of nitrogens with zero attached hydrogens (tertiary/aromatic N) is 2. The second-order valence-electron chi connectivity index (χ2n) is 5.90. The molecule has 0 radical (unpaired) electrons. The fraction of sp³-hybridized carbons (Fsp3) is 0.643. The summed E-state index contributed by atoms with van der Waals surface area (Å²) < 4.78 is 10.2. The maximum Gasteiger partial charge on any atom is 0.350 e. The number of carbonyl (C=O) groups excluding carboxylic acids is 3. The molecular formula is C14H20N2O5. The second kappa shape index (κ2) is 5.05. The Balaban J connectivity index is 2.31. The van der Waals surface area contributed by atoms with Crippen molar-refractivity contribution in [2.45, 2.75) is 38.5 Å². The molecule has 2 aliphatic rings. The highest BCUT2D eigenvalue weighted by Crippen LogP contribution is 2.33. The molecule has 0 aromatic carbocycles. The average molecular weight is 296 g/mol. The molecule has 2 fully saturated rings. The van der Waals surface area contributed by atoms with Gasteiger partial charge >= 0.3 is 11.9 Å². The van der Waals surface area contributed by atoms with E-state index in [1.54, 1.807) is 26.0 Å². The third-order valence-electron chi connectivity index (χ3n) is 3.65. The number of esters is 2. The molecule has 116 valence electrons. The van der Waals surface area contributed by atoms with Crippen LogP contribution in [0.15, 0.2) is 11.3 Å². The number of allylic oxidation sites excluding steroid dienone is 1. The van der Waals surface area contributed by atoms with E-state index >= 15 is 0 Å². The van der Waals surface area contributed by atoms with Crippen molar-refractivity contribution < 1.29 is 23.9 Å². The number of cyclic esters (lactones) is 2. The van der Waals surface area contributed by atoms with Gasteiger partial charge in [-0.25, -0.2) is 9.59 Å². The standard InChI is InChI=1S/C14H20N2O5/c1-14(2)20-12(18)10(13(19)21-14)8-6-7-9(16(8)5)11(17)15(3)4/h9H,6-7H2,1-5H3/t9-/m1/s1. The number of likely N-dealkylation sites (N-methyl/N-ethyl adjacent to an activating group) is 2. The van der Waals surface area contributed by atoms with Gasteiger partial charge in [-0.15, -0.1) is 0 Å². The maximum atomic E-state index is 12.1. The number of hydrogen-bond donors (Lipinski definition) is 0. The highest BCUT2D eigenvalue weighted by molar-refractivity contribution is 6.16. The molecule has 0 aliphatic carbocycles. The first-order chi connectivity index (χ1) is 9.64. The topological polar surface area (TPSA) is 76.1 Å². The lowest BCUT2D eigenvalue weighted by Gasteiger charge is -2.32. The average Bonchev–Trinajstić information content (AvgIpc) is 2.68. The number of ether oxygens (including phenoxy) is 2. The molecule has 2 saturated heterocycles. The molecule has 2 rings (SSSR count). The molecule has 0 aromatic rings. The predicted octanol–water partition coefficient (Wildman–Crippen LogP) is 0.259. The Morgan fingerprint density at radius 3 is 2.24 bits per heavy atom. The molecule has 0 saturated carbocycles. The van der Waals surface area contributed by atoms with Crippen molar-refractivity contribution in [3.05, 3.63) is 11.3 Å². The van der Waals surface area contributed by atoms with E-state index in [0.717, 1.165) is 0 Å². The van der Waals surface area contributed by atoms with Gasteiger partial charge in [0.05, 0.1) is 0 Å². The monoisotopic (exact) mass is 296 g/mol. The van der Waals surface area contributed by atoms with E-state index in [4.69, 9.17) is 9.47 Å². The van der Waals surface area contributed by atoms with Gasteiger partial charge in [0.1, 0.15) is 6.04 Å². The quantitative estimate of drug-likeness (QED) is 0.392. The smallest absolute Gasteiger partial charge is 0.350 e. The van der Waals surface area contributed by atoms with E-state index < -0.39 is 17.7 Å². The first-order valence-electron chi connectivity index (χ1n) is 6.78. The van der Waals surface area contributed by atoms with E-state index in [2.05, 4.69) is 0 Å². The SMILES string of the molecule is CN(C)C(=O)[C@H]1CCC(=C2C(=O)OC(C)(C)OC2=O)N1C. The number of rotatable bonds is 1. The normalized spacial score (nSPS) is 24.8. The summed E-state index contributed by atoms with van der Waals surface area (Å²) in [6, 6.07) is -0.377. The molecule has 2 heterocycles. The number of amides is 1. The zero-order valence-corrected chi connectivity index (χ0v) is 12.9. The third kappa shape index (κ3) is 2.72. The first kappa shape index (κ1) is 15.3. The molecule has 21 heavy (non-hydrogen) atoms. The summed E-state index contributed by atoms with van der Waals surface area (Å²) in [5.41, 5.74) is 0.395. The minimum atomic E-state index is -1.26. The van der Waals surface area contributed by atoms with Gasteiger partial charge in [-0.3, -0.25) is 4.79 Å². The fourth-order valence-corrected chi connectivity index (χ4v) is 2.61. The Morgan fingerprint density at radius 2 is 1.76 bits per heavy atom. The summed E-state index contributed by atoms with van der Waals surface area (Å²) >= 11 is 0. The van der Waals surface area contributed by atoms with E-state index in [9.17, 15) is 14.4 Å². The second-order valence-corrected chi connectivity index (χ2v) is 5.90. The van der Waals surface area contributed by atoms with Crippen molar-refractivity contribution in [2.24, 2.45) is 0 Å². The summed E-state index contributed by atoms with van der Waals surface area (Å²) in [6.07, 6.45) is 1.01. The van der Waals surface area contributed by atoms with Crippen LogP contribution >= 0.6 is 0 Å². The summed E-state index contributed by atoms with van der Waals surface area (Å²) in [4.78, 5) is 39.4. The van der Waals surface area contributed by atoms with Crippen LogP contribution in [0.5, 0.6) is 0 Å².